The first kappa shape index (κ1) is 10.9. The maximum absolute atomic E-state index is 9.86. The summed E-state index contributed by atoms with van der Waals surface area (Å²) in [5.74, 6) is 0. The van der Waals surface area contributed by atoms with Gasteiger partial charge in [0.05, 0.1) is 6.01 Å². The van der Waals surface area contributed by atoms with Crippen molar-refractivity contribution in [1.29, 1.82) is 0 Å². The molecule has 0 fully saturated rings. The van der Waals surface area contributed by atoms with Gasteiger partial charge in [0, 0.05) is 0 Å². The Hall–Kier alpha value is -2.08. The topological polar surface area (TPSA) is 123 Å². The third-order valence-corrected chi connectivity index (χ3v) is 0.760. The molecule has 0 aromatic rings. The number of amides is 2. The Morgan fingerprint density at radius 3 is 1.77 bits per heavy atom. The molecule has 13 heavy (non-hydrogen) atoms. The van der Waals surface area contributed by atoms with Crippen LogP contribution >= 0.6 is 0 Å². The van der Waals surface area contributed by atoms with Gasteiger partial charge in [0.25, 0.3) is 0 Å². The first-order valence-corrected chi connectivity index (χ1v) is 3.14. The van der Waals surface area contributed by atoms with Crippen LogP contribution in [0.5, 0.6) is 0 Å². The predicted octanol–water partition coefficient (Wildman–Crippen LogP) is -0.390. The molecule has 0 spiro atoms. The summed E-state index contributed by atoms with van der Waals surface area (Å²) in [5, 5.41) is 20.0. The highest BCUT2D eigenvalue weighted by Gasteiger charge is 1.88. The smallest absolute Gasteiger partial charge is 0.406 e. The number of rotatable bonds is 4. The lowest BCUT2D eigenvalue weighted by molar-refractivity contribution is 0.194. The molecule has 2 amide bonds. The Morgan fingerprint density at radius 2 is 1.46 bits per heavy atom. The van der Waals surface area contributed by atoms with Crippen molar-refractivity contribution >= 4 is 18.2 Å². The van der Waals surface area contributed by atoms with Crippen molar-refractivity contribution in [2.45, 2.75) is 0 Å². The molecule has 0 saturated heterocycles. The number of aliphatic imine (C=N–C) groups is 2. The minimum Gasteiger partial charge on any atom is -0.465 e. The minimum absolute atomic E-state index is 0.161. The van der Waals surface area contributed by atoms with Gasteiger partial charge in [-0.15, -0.1) is 0 Å². The zero-order chi connectivity index (χ0) is 10.1. The predicted molar refractivity (Wildman–Crippen MR) is 41.9 cm³/mol. The fourth-order valence-electron chi connectivity index (χ4n) is 0.335. The van der Waals surface area contributed by atoms with Crippen LogP contribution in [0.3, 0.4) is 0 Å². The van der Waals surface area contributed by atoms with Crippen LogP contribution in [0.25, 0.3) is 0 Å². The highest BCUT2D eigenvalue weighted by atomic mass is 16.4. The zero-order valence-electron chi connectivity index (χ0n) is 6.52. The molecule has 0 aliphatic carbocycles. The quantitative estimate of drug-likeness (QED) is 0.448. The van der Waals surface area contributed by atoms with Crippen LogP contribution in [0.15, 0.2) is 9.98 Å². The highest BCUT2D eigenvalue weighted by molar-refractivity contribution is 5.64. The molecule has 8 nitrogen and oxygen atoms in total. The van der Waals surface area contributed by atoms with Gasteiger partial charge in [-0.1, -0.05) is 0 Å². The Bertz CT molecular complexity index is 223. The second-order valence-corrected chi connectivity index (χ2v) is 1.70. The van der Waals surface area contributed by atoms with Gasteiger partial charge in [-0.2, -0.15) is 0 Å². The number of hydrogen-bond donors (Lipinski definition) is 4. The average Bonchev–Trinajstić information content (AvgIpc) is 2.01. The Kier molecular flexibility index (Phi) is 5.56. The first-order chi connectivity index (χ1) is 6.13. The van der Waals surface area contributed by atoms with Crippen LogP contribution in [0.2, 0.25) is 0 Å². The summed E-state index contributed by atoms with van der Waals surface area (Å²) < 4.78 is 0. The van der Waals surface area contributed by atoms with Gasteiger partial charge in [-0.3, -0.25) is 0 Å². The summed E-state index contributed by atoms with van der Waals surface area (Å²) in [6, 6.07) is 2.09. The van der Waals surface area contributed by atoms with E-state index in [9.17, 15) is 9.59 Å². The molecule has 0 atom stereocenters. The molecule has 0 bridgehead atoms. The number of hydrogen-bond acceptors (Lipinski definition) is 4. The van der Waals surface area contributed by atoms with Crippen LogP contribution in [-0.4, -0.2) is 41.7 Å². The van der Waals surface area contributed by atoms with E-state index in [4.69, 9.17) is 10.2 Å². The Labute approximate surface area is 73.0 Å². The maximum atomic E-state index is 9.86. The Balaban J connectivity index is 3.48. The van der Waals surface area contributed by atoms with Gasteiger partial charge >= 0.3 is 12.2 Å². The number of carbonyl (C=O) groups is 2. The van der Waals surface area contributed by atoms with Gasteiger partial charge in [0.15, 0.2) is 0 Å². The lowest BCUT2D eigenvalue weighted by Crippen LogP contribution is -2.21. The molecule has 72 valence electrons. The van der Waals surface area contributed by atoms with E-state index >= 15 is 0 Å². The third kappa shape index (κ3) is 9.92. The molecule has 8 heteroatoms. The normalized spacial score (nSPS) is 8.00. The van der Waals surface area contributed by atoms with Crippen molar-refractivity contribution < 1.29 is 19.8 Å². The second-order valence-electron chi connectivity index (χ2n) is 1.70. The van der Waals surface area contributed by atoms with Crippen molar-refractivity contribution in [3.63, 3.8) is 0 Å². The molecular weight excluding hydrogens is 180 g/mol. The van der Waals surface area contributed by atoms with Crippen molar-refractivity contribution in [2.24, 2.45) is 9.98 Å². The van der Waals surface area contributed by atoms with Crippen LogP contribution in [0, 0.1) is 0 Å². The third-order valence-electron chi connectivity index (χ3n) is 0.760. The highest BCUT2D eigenvalue weighted by Crippen LogP contribution is 1.65. The molecule has 0 saturated carbocycles. The van der Waals surface area contributed by atoms with E-state index in [1.807, 2.05) is 10.6 Å². The van der Waals surface area contributed by atoms with E-state index in [1.165, 1.54) is 0 Å². The number of nitrogens with zero attached hydrogens (tertiary/aromatic N) is 2. The summed E-state index contributed by atoms with van der Waals surface area (Å²) >= 11 is 0. The monoisotopic (exact) mass is 188 g/mol. The molecule has 0 aromatic carbocycles. The zero-order valence-corrected chi connectivity index (χ0v) is 6.52. The molecule has 0 rings (SSSR count). The maximum Gasteiger partial charge on any atom is 0.406 e. The van der Waals surface area contributed by atoms with Crippen LogP contribution in [-0.2, 0) is 0 Å². The molecule has 0 unspecified atom stereocenters. The Morgan fingerprint density at radius 1 is 1.08 bits per heavy atom. The van der Waals surface area contributed by atoms with Crippen molar-refractivity contribution in [2.75, 3.05) is 13.3 Å². The fourth-order valence-corrected chi connectivity index (χ4v) is 0.335. The number of nitrogens with one attached hydrogen (secondary N) is 2. The van der Waals surface area contributed by atoms with Gasteiger partial charge < -0.3 is 20.8 Å². The molecule has 0 radical (unpaired) electrons. The van der Waals surface area contributed by atoms with E-state index in [0.29, 0.717) is 0 Å². The molecule has 0 heterocycles. The summed E-state index contributed by atoms with van der Waals surface area (Å²) in [5.41, 5.74) is 0. The van der Waals surface area contributed by atoms with Gasteiger partial charge in [-0.05, 0) is 0 Å². The van der Waals surface area contributed by atoms with E-state index in [-0.39, 0.29) is 13.3 Å². The van der Waals surface area contributed by atoms with Crippen molar-refractivity contribution in [3.8, 4) is 0 Å². The van der Waals surface area contributed by atoms with E-state index < -0.39 is 12.2 Å². The lowest BCUT2D eigenvalue weighted by Gasteiger charge is -1.90. The minimum atomic E-state index is -1.20. The molecule has 0 aromatic heterocycles. The molecular formula is C5H8N4O4. The largest absolute Gasteiger partial charge is 0.465 e. The molecule has 4 N–H and O–H groups in total. The summed E-state index contributed by atoms with van der Waals surface area (Å²) in [7, 11) is 0. The summed E-state index contributed by atoms with van der Waals surface area (Å²) in [4.78, 5) is 26.4. The van der Waals surface area contributed by atoms with E-state index in [1.54, 1.807) is 0 Å². The first-order valence-electron chi connectivity index (χ1n) is 3.14. The lowest BCUT2D eigenvalue weighted by atomic mass is 11.0. The van der Waals surface area contributed by atoms with Gasteiger partial charge in [0.1, 0.15) is 13.3 Å². The standard InChI is InChI=1S/C5H8N4O4/c10-4(11)8-2-6-1-7-3-9-5(12)13/h8-9H,2-3H2,(H,10,11)(H,12,13). The molecule has 0 aliphatic rings. The van der Waals surface area contributed by atoms with Gasteiger partial charge in [0.2, 0.25) is 0 Å². The SMILES string of the molecule is O=C(O)NCN=C=NCNC(=O)O. The van der Waals surface area contributed by atoms with Crippen LogP contribution < -0.4 is 10.6 Å². The van der Waals surface area contributed by atoms with Gasteiger partial charge in [-0.25, -0.2) is 19.6 Å². The second kappa shape index (κ2) is 6.62. The van der Waals surface area contributed by atoms with Crippen LogP contribution in [0.4, 0.5) is 9.59 Å². The van der Waals surface area contributed by atoms with E-state index in [2.05, 4.69) is 16.0 Å². The van der Waals surface area contributed by atoms with Crippen molar-refractivity contribution in [3.05, 3.63) is 0 Å². The number of carboxylic acid groups (broad SMARTS) is 2. The van der Waals surface area contributed by atoms with Crippen LogP contribution in [0.1, 0.15) is 0 Å². The summed E-state index contributed by atoms with van der Waals surface area (Å²) in [6.07, 6.45) is -2.40. The summed E-state index contributed by atoms with van der Waals surface area (Å²) in [6.45, 7) is -0.322. The average molecular weight is 188 g/mol. The molecule has 0 aliphatic heterocycles. The van der Waals surface area contributed by atoms with E-state index in [0.717, 1.165) is 0 Å². The fraction of sp³-hybridized carbons (Fsp3) is 0.400. The van der Waals surface area contributed by atoms with Crippen molar-refractivity contribution in [1.82, 2.24) is 10.6 Å².